The number of nitriles is 1. The Balaban J connectivity index is 1.58. The van der Waals surface area contributed by atoms with Crippen LogP contribution in [0.4, 0.5) is 14.9 Å². The second-order valence-corrected chi connectivity index (χ2v) is 12.5. The highest BCUT2D eigenvalue weighted by molar-refractivity contribution is 6.30. The minimum Gasteiger partial charge on any atom is -0.439 e. The van der Waals surface area contributed by atoms with Gasteiger partial charge in [0.15, 0.2) is 0 Å². The van der Waals surface area contributed by atoms with Crippen LogP contribution in [0.2, 0.25) is 5.02 Å². The predicted molar refractivity (Wildman–Crippen MR) is 145 cm³/mol. The fourth-order valence-corrected chi connectivity index (χ4v) is 5.66. The lowest BCUT2D eigenvalue weighted by atomic mass is 9.79. The first kappa shape index (κ1) is 28.7. The number of rotatable bonds is 5. The van der Waals surface area contributed by atoms with Gasteiger partial charge in [0.2, 0.25) is 5.91 Å². The Labute approximate surface area is 233 Å². The van der Waals surface area contributed by atoms with Gasteiger partial charge in [0.05, 0.1) is 11.5 Å². The molecular weight excluding hydrogens is 523 g/mol. The van der Waals surface area contributed by atoms with E-state index >= 15 is 0 Å². The van der Waals surface area contributed by atoms with Gasteiger partial charge in [0.1, 0.15) is 29.7 Å². The summed E-state index contributed by atoms with van der Waals surface area (Å²) in [7, 11) is 0. The van der Waals surface area contributed by atoms with Gasteiger partial charge in [0.25, 0.3) is 0 Å². The Hall–Kier alpha value is -3.35. The fourth-order valence-electron chi connectivity index (χ4n) is 5.49. The zero-order valence-corrected chi connectivity index (χ0v) is 23.5. The summed E-state index contributed by atoms with van der Waals surface area (Å²) >= 11 is 6.25. The maximum Gasteiger partial charge on any atom is 0.408 e. The molecule has 8 nitrogen and oxygen atoms in total. The number of amides is 2. The van der Waals surface area contributed by atoms with Crippen molar-refractivity contribution in [1.29, 1.82) is 5.26 Å². The lowest BCUT2D eigenvalue weighted by Gasteiger charge is -2.33. The van der Waals surface area contributed by atoms with E-state index in [4.69, 9.17) is 16.3 Å². The second-order valence-electron chi connectivity index (χ2n) is 12.1. The number of fused-ring (bicyclic) bond motifs is 2. The van der Waals surface area contributed by atoms with Gasteiger partial charge in [-0.2, -0.15) is 5.26 Å². The molecule has 4 atom stereocenters. The first-order chi connectivity index (χ1) is 18.1. The summed E-state index contributed by atoms with van der Waals surface area (Å²) in [5.74, 6) is -0.842. The van der Waals surface area contributed by atoms with Crippen LogP contribution in [0, 0.1) is 22.6 Å². The van der Waals surface area contributed by atoms with Crippen LogP contribution in [-0.2, 0) is 20.5 Å². The highest BCUT2D eigenvalue weighted by Crippen LogP contribution is 2.49. The van der Waals surface area contributed by atoms with E-state index < -0.39 is 47.1 Å². The number of halogens is 2. The van der Waals surface area contributed by atoms with Gasteiger partial charge in [-0.05, 0) is 73.6 Å². The molecule has 10 heteroatoms. The van der Waals surface area contributed by atoms with E-state index in [2.05, 4.69) is 16.7 Å². The summed E-state index contributed by atoms with van der Waals surface area (Å²) in [6.07, 6.45) is -1.34. The molecule has 1 fully saturated rings. The van der Waals surface area contributed by atoms with Crippen molar-refractivity contribution in [2.75, 3.05) is 11.9 Å². The first-order valence-electron chi connectivity index (χ1n) is 12.9. The molecular formula is C29H34ClFN4O4. The molecule has 1 unspecified atom stereocenters. The number of aliphatic hydroxyl groups excluding tert-OH is 1. The largest absolute Gasteiger partial charge is 0.439 e. The Morgan fingerprint density at radius 2 is 1.92 bits per heavy atom. The molecule has 0 bridgehead atoms. The summed E-state index contributed by atoms with van der Waals surface area (Å²) in [4.78, 5) is 28.5. The van der Waals surface area contributed by atoms with E-state index in [0.717, 1.165) is 5.56 Å². The molecule has 4 rings (SSSR count). The second kappa shape index (κ2) is 10.3. The zero-order valence-electron chi connectivity index (χ0n) is 22.7. The van der Waals surface area contributed by atoms with Crippen molar-refractivity contribution in [3.63, 3.8) is 0 Å². The average molecular weight is 557 g/mol. The van der Waals surface area contributed by atoms with Crippen LogP contribution in [-0.4, -0.2) is 46.9 Å². The third-order valence-corrected chi connectivity index (χ3v) is 7.68. The molecule has 39 heavy (non-hydrogen) atoms. The standard InChI is InChI=1S/C29H34ClFN4O4/c1-27(2,3)14-23(34-26(38)39-28(4,5)17-6-9-19(31)10-7-17)24(36)35-16-29(13-20(35)15-32)21-12-18(30)8-11-22(21)33-25(29)37/h6-12,20,23,25,33,37H,13-14,16H2,1-5H3,(H,34,38)/t20-,23-,25?,29-/m0/s1. The molecule has 0 aliphatic carbocycles. The van der Waals surface area contributed by atoms with Crippen molar-refractivity contribution in [3.05, 3.63) is 64.4 Å². The van der Waals surface area contributed by atoms with Crippen molar-refractivity contribution in [3.8, 4) is 6.07 Å². The van der Waals surface area contributed by atoms with E-state index in [1.165, 1.54) is 29.2 Å². The number of alkyl carbamates (subject to hydrolysis) is 1. The molecule has 0 aromatic heterocycles. The zero-order chi connectivity index (χ0) is 28.8. The van der Waals surface area contributed by atoms with E-state index in [1.807, 2.05) is 20.8 Å². The van der Waals surface area contributed by atoms with Crippen LogP contribution in [0.5, 0.6) is 0 Å². The van der Waals surface area contributed by atoms with Gasteiger partial charge in [-0.25, -0.2) is 9.18 Å². The molecule has 2 aliphatic heterocycles. The molecule has 0 saturated carbocycles. The SMILES string of the molecule is CC(C)(C)C[C@H](NC(=O)OC(C)(C)c1ccc(F)cc1)C(=O)N1C[C@@]2(C[C@H]1C#N)c1cc(Cl)ccc1NC2O. The summed E-state index contributed by atoms with van der Waals surface area (Å²) in [5.41, 5.74) is -0.332. The highest BCUT2D eigenvalue weighted by Gasteiger charge is 2.56. The number of likely N-dealkylation sites (tertiary alicyclic amines) is 1. The quantitative estimate of drug-likeness (QED) is 0.475. The average Bonchev–Trinajstić information content (AvgIpc) is 3.35. The number of ether oxygens (including phenoxy) is 1. The Bertz CT molecular complexity index is 1300. The van der Waals surface area contributed by atoms with Crippen LogP contribution < -0.4 is 10.6 Å². The van der Waals surface area contributed by atoms with Crippen molar-refractivity contribution in [2.24, 2.45) is 5.41 Å². The van der Waals surface area contributed by atoms with E-state index in [0.29, 0.717) is 16.3 Å². The van der Waals surface area contributed by atoms with Crippen LogP contribution in [0.25, 0.3) is 0 Å². The first-order valence-corrected chi connectivity index (χ1v) is 13.2. The van der Waals surface area contributed by atoms with Gasteiger partial charge in [-0.1, -0.05) is 44.5 Å². The molecule has 0 radical (unpaired) electrons. The molecule has 3 N–H and O–H groups in total. The van der Waals surface area contributed by atoms with E-state index in [9.17, 15) is 24.3 Å². The summed E-state index contributed by atoms with van der Waals surface area (Å²) in [6.45, 7) is 9.25. The fraction of sp³-hybridized carbons (Fsp3) is 0.483. The molecule has 2 heterocycles. The number of hydrogen-bond donors (Lipinski definition) is 3. The predicted octanol–water partition coefficient (Wildman–Crippen LogP) is 5.05. The van der Waals surface area contributed by atoms with Crippen LogP contribution in [0.15, 0.2) is 42.5 Å². The number of carbonyl (C=O) groups excluding carboxylic acids is 2. The van der Waals surface area contributed by atoms with Crippen molar-refractivity contribution in [1.82, 2.24) is 10.2 Å². The molecule has 2 amide bonds. The van der Waals surface area contributed by atoms with Gasteiger partial charge in [0, 0.05) is 17.3 Å². The third kappa shape index (κ3) is 5.82. The number of aliphatic hydroxyl groups is 1. The lowest BCUT2D eigenvalue weighted by molar-refractivity contribution is -0.134. The number of benzene rings is 2. The minimum absolute atomic E-state index is 0.0734. The molecule has 208 valence electrons. The molecule has 1 saturated heterocycles. The number of nitrogens with zero attached hydrogens (tertiary/aromatic N) is 2. The van der Waals surface area contributed by atoms with Gasteiger partial charge in [-0.15, -0.1) is 0 Å². The molecule has 1 spiro atoms. The number of anilines is 1. The smallest absolute Gasteiger partial charge is 0.408 e. The summed E-state index contributed by atoms with van der Waals surface area (Å²) in [6, 6.07) is 11.3. The Kier molecular flexibility index (Phi) is 7.58. The molecule has 2 aromatic carbocycles. The van der Waals surface area contributed by atoms with Gasteiger partial charge in [-0.3, -0.25) is 4.79 Å². The summed E-state index contributed by atoms with van der Waals surface area (Å²) < 4.78 is 19.1. The minimum atomic E-state index is -1.09. The highest BCUT2D eigenvalue weighted by atomic mass is 35.5. The number of hydrogen-bond acceptors (Lipinski definition) is 6. The van der Waals surface area contributed by atoms with Crippen LogP contribution in [0.3, 0.4) is 0 Å². The monoisotopic (exact) mass is 556 g/mol. The van der Waals surface area contributed by atoms with Crippen LogP contribution in [0.1, 0.15) is 58.6 Å². The normalized spacial score (nSPS) is 23.1. The lowest BCUT2D eigenvalue weighted by Crippen LogP contribution is -2.53. The Morgan fingerprint density at radius 1 is 1.26 bits per heavy atom. The maximum atomic E-state index is 14.0. The van der Waals surface area contributed by atoms with Crippen LogP contribution >= 0.6 is 11.6 Å². The summed E-state index contributed by atoms with van der Waals surface area (Å²) in [5, 5.41) is 27.3. The van der Waals surface area contributed by atoms with Gasteiger partial charge < -0.3 is 25.4 Å². The number of carbonyl (C=O) groups is 2. The molecule has 2 aliphatic rings. The maximum absolute atomic E-state index is 14.0. The Morgan fingerprint density at radius 3 is 2.54 bits per heavy atom. The van der Waals surface area contributed by atoms with E-state index in [-0.39, 0.29) is 24.8 Å². The van der Waals surface area contributed by atoms with Gasteiger partial charge >= 0.3 is 6.09 Å². The topological polar surface area (TPSA) is 115 Å². The third-order valence-electron chi connectivity index (χ3n) is 7.45. The van der Waals surface area contributed by atoms with E-state index in [1.54, 1.807) is 32.0 Å². The van der Waals surface area contributed by atoms with Crippen molar-refractivity contribution >= 4 is 29.3 Å². The van der Waals surface area contributed by atoms with Crippen molar-refractivity contribution in [2.45, 2.75) is 76.8 Å². The van der Waals surface area contributed by atoms with Crippen molar-refractivity contribution < 1.29 is 23.8 Å². The number of nitrogens with one attached hydrogen (secondary N) is 2. The molecule has 2 aromatic rings.